The van der Waals surface area contributed by atoms with Gasteiger partial charge in [0.25, 0.3) is 0 Å². The van der Waals surface area contributed by atoms with Crippen LogP contribution in [0.3, 0.4) is 0 Å². The van der Waals surface area contributed by atoms with Crippen molar-refractivity contribution >= 4 is 34.9 Å². The first-order valence-corrected chi connectivity index (χ1v) is 4.61. The number of hydrogen-bond acceptors (Lipinski definition) is 1. The largest absolute Gasteiger partial charge is 1.00 e. The van der Waals surface area contributed by atoms with E-state index in [9.17, 15) is 12.9 Å². The molecule has 0 saturated carbocycles. The van der Waals surface area contributed by atoms with Gasteiger partial charge in [0.15, 0.2) is 0 Å². The molecule has 0 radical (unpaired) electrons. The Morgan fingerprint density at radius 3 is 2.38 bits per heavy atom. The monoisotopic (exact) mass is 269 g/mol. The fourth-order valence-corrected chi connectivity index (χ4v) is 1.48. The zero-order valence-electron chi connectivity index (χ0n) is 8.42. The van der Waals surface area contributed by atoms with Crippen molar-refractivity contribution in [2.45, 2.75) is 0 Å². The normalized spacial score (nSPS) is 11.2. The van der Waals surface area contributed by atoms with E-state index in [0.717, 1.165) is 12.1 Å². The Bertz CT molecular complexity index is 518. The van der Waals surface area contributed by atoms with Gasteiger partial charge in [0.05, 0.1) is 5.52 Å². The molecular weight excluding hydrogens is 264 g/mol. The summed E-state index contributed by atoms with van der Waals surface area (Å²) in [6.07, 6.45) is 0. The molecule has 0 aliphatic rings. The maximum Gasteiger partial charge on any atom is 1.00 e. The van der Waals surface area contributed by atoms with Crippen molar-refractivity contribution in [3.8, 4) is 0 Å². The summed E-state index contributed by atoms with van der Waals surface area (Å²) in [5.74, 6) is 0. The number of fused-ring (bicyclic) bond motifs is 1. The molecule has 0 unspecified atom stereocenters. The van der Waals surface area contributed by atoms with E-state index in [0.29, 0.717) is 10.9 Å². The zero-order valence-corrected chi connectivity index (χ0v) is 12.3. The fourth-order valence-electron chi connectivity index (χ4n) is 1.32. The molecule has 0 fully saturated rings. The number of halogens is 4. The van der Waals surface area contributed by atoms with Gasteiger partial charge in [-0.15, -0.1) is 5.46 Å². The van der Waals surface area contributed by atoms with Gasteiger partial charge in [-0.05, 0) is 23.6 Å². The van der Waals surface area contributed by atoms with Crippen LogP contribution in [0.5, 0.6) is 0 Å². The molecule has 0 amide bonds. The van der Waals surface area contributed by atoms with Crippen LogP contribution in [0.1, 0.15) is 0 Å². The molecule has 0 bridgehead atoms. The standard InChI is InChI=1S/C9H5BClF3N.K/c11-9-4-1-6-5-7(10(12,13)14)2-3-8(6)15-9;/h1-5H;/q-1;+1. The third-order valence-electron chi connectivity index (χ3n) is 2.06. The van der Waals surface area contributed by atoms with E-state index in [1.165, 1.54) is 18.2 Å². The van der Waals surface area contributed by atoms with E-state index >= 15 is 0 Å². The minimum absolute atomic E-state index is 0. The number of nitrogens with zero attached hydrogens (tertiary/aromatic N) is 1. The topological polar surface area (TPSA) is 12.9 Å². The third kappa shape index (κ3) is 3.21. The molecule has 1 heterocycles. The van der Waals surface area contributed by atoms with E-state index < -0.39 is 12.4 Å². The van der Waals surface area contributed by atoms with E-state index in [2.05, 4.69) is 4.98 Å². The molecule has 1 aromatic carbocycles. The summed E-state index contributed by atoms with van der Waals surface area (Å²) in [5.41, 5.74) is -0.155. The van der Waals surface area contributed by atoms with Gasteiger partial charge in [0.1, 0.15) is 5.15 Å². The second-order valence-corrected chi connectivity index (χ2v) is 3.55. The van der Waals surface area contributed by atoms with Crippen LogP contribution in [0.4, 0.5) is 12.9 Å². The molecule has 16 heavy (non-hydrogen) atoms. The Labute approximate surface area is 138 Å². The van der Waals surface area contributed by atoms with Crippen molar-refractivity contribution in [2.75, 3.05) is 0 Å². The van der Waals surface area contributed by atoms with Gasteiger partial charge >= 0.3 is 58.4 Å². The number of hydrogen-bond donors (Lipinski definition) is 0. The summed E-state index contributed by atoms with van der Waals surface area (Å²) in [4.78, 5) is 3.90. The summed E-state index contributed by atoms with van der Waals surface area (Å²) >= 11 is 5.62. The summed E-state index contributed by atoms with van der Waals surface area (Å²) in [7, 11) is 0. The van der Waals surface area contributed by atoms with Crippen molar-refractivity contribution < 1.29 is 64.3 Å². The molecule has 2 aromatic rings. The maximum atomic E-state index is 12.4. The number of benzene rings is 1. The van der Waals surface area contributed by atoms with Crippen LogP contribution in [-0.2, 0) is 0 Å². The van der Waals surface area contributed by atoms with E-state index in [1.54, 1.807) is 0 Å². The fraction of sp³-hybridized carbons (Fsp3) is 0. The molecule has 2 rings (SSSR count). The van der Waals surface area contributed by atoms with Gasteiger partial charge < -0.3 is 12.9 Å². The number of rotatable bonds is 1. The van der Waals surface area contributed by atoms with Crippen LogP contribution in [0, 0.1) is 0 Å². The van der Waals surface area contributed by atoms with Crippen LogP contribution in [0.2, 0.25) is 5.15 Å². The van der Waals surface area contributed by atoms with Crippen LogP contribution >= 0.6 is 11.6 Å². The van der Waals surface area contributed by atoms with Crippen molar-refractivity contribution in [3.05, 3.63) is 35.5 Å². The molecule has 0 aliphatic heterocycles. The minimum Gasteiger partial charge on any atom is -0.445 e. The number of pyridine rings is 1. The average molecular weight is 270 g/mol. The first-order chi connectivity index (χ1) is 6.97. The Morgan fingerprint density at radius 2 is 1.75 bits per heavy atom. The van der Waals surface area contributed by atoms with E-state index in [-0.39, 0.29) is 56.5 Å². The maximum absolute atomic E-state index is 12.4. The minimum atomic E-state index is -4.96. The Balaban J connectivity index is 0.00000128. The SMILES string of the molecule is F[B-](F)(F)c1ccc2nc(Cl)ccc2c1.[K+]. The van der Waals surface area contributed by atoms with Crippen LogP contribution in [0.15, 0.2) is 30.3 Å². The molecule has 78 valence electrons. The van der Waals surface area contributed by atoms with E-state index in [1.807, 2.05) is 0 Å². The Kier molecular flexibility index (Phi) is 4.86. The summed E-state index contributed by atoms with van der Waals surface area (Å²) < 4.78 is 37.2. The third-order valence-corrected chi connectivity index (χ3v) is 2.27. The van der Waals surface area contributed by atoms with Crippen molar-refractivity contribution in [3.63, 3.8) is 0 Å². The zero-order chi connectivity index (χ0) is 11.1. The molecule has 0 spiro atoms. The van der Waals surface area contributed by atoms with Gasteiger partial charge in [-0.1, -0.05) is 23.7 Å². The van der Waals surface area contributed by atoms with Crippen molar-refractivity contribution in [2.24, 2.45) is 0 Å². The quantitative estimate of drug-likeness (QED) is 0.522. The van der Waals surface area contributed by atoms with Gasteiger partial charge in [0, 0.05) is 0 Å². The average Bonchev–Trinajstić information content (AvgIpc) is 2.15. The predicted molar refractivity (Wildman–Crippen MR) is 55.5 cm³/mol. The van der Waals surface area contributed by atoms with Gasteiger partial charge in [-0.2, -0.15) is 0 Å². The van der Waals surface area contributed by atoms with Crippen LogP contribution in [0.25, 0.3) is 10.9 Å². The molecule has 0 aliphatic carbocycles. The second kappa shape index (κ2) is 5.37. The smallest absolute Gasteiger partial charge is 0.445 e. The molecule has 1 aromatic heterocycles. The Morgan fingerprint density at radius 1 is 1.06 bits per heavy atom. The van der Waals surface area contributed by atoms with Gasteiger partial charge in [0.2, 0.25) is 0 Å². The molecule has 1 nitrogen and oxygen atoms in total. The number of aromatic nitrogens is 1. The summed E-state index contributed by atoms with van der Waals surface area (Å²) in [6.45, 7) is -4.96. The van der Waals surface area contributed by atoms with Gasteiger partial charge in [-0.3, -0.25) is 0 Å². The molecule has 0 atom stereocenters. The first kappa shape index (κ1) is 14.5. The van der Waals surface area contributed by atoms with Crippen LogP contribution < -0.4 is 56.8 Å². The Hall–Kier alpha value is 0.411. The molecule has 7 heteroatoms. The van der Waals surface area contributed by atoms with Crippen molar-refractivity contribution in [1.82, 2.24) is 4.98 Å². The first-order valence-electron chi connectivity index (χ1n) is 4.23. The van der Waals surface area contributed by atoms with Gasteiger partial charge in [-0.25, -0.2) is 4.98 Å². The van der Waals surface area contributed by atoms with E-state index in [4.69, 9.17) is 11.6 Å². The molecule has 0 saturated heterocycles. The summed E-state index contributed by atoms with van der Waals surface area (Å²) in [6, 6.07) is 6.42. The molecular formula is C9H5BClF3KN. The van der Waals surface area contributed by atoms with Crippen LogP contribution in [-0.4, -0.2) is 12.0 Å². The second-order valence-electron chi connectivity index (χ2n) is 3.16. The molecule has 0 N–H and O–H groups in total. The van der Waals surface area contributed by atoms with Crippen molar-refractivity contribution in [1.29, 1.82) is 0 Å². The summed E-state index contributed by atoms with van der Waals surface area (Å²) in [5, 5.41) is 0.712. The predicted octanol–water partition coefficient (Wildman–Crippen LogP) is -0.0534.